The summed E-state index contributed by atoms with van der Waals surface area (Å²) >= 11 is 0. The summed E-state index contributed by atoms with van der Waals surface area (Å²) in [7, 11) is 0. The number of allylic oxidation sites excluding steroid dienone is 2. The fraction of sp³-hybridized carbons (Fsp3) is 0.900. The summed E-state index contributed by atoms with van der Waals surface area (Å²) in [5.41, 5.74) is 0. The Kier molecular flexibility index (Phi) is 13.3. The van der Waals surface area contributed by atoms with E-state index in [1.165, 1.54) is 51.4 Å². The van der Waals surface area contributed by atoms with E-state index in [4.69, 9.17) is 14.6 Å². The molecule has 25 heavy (non-hydrogen) atoms. The van der Waals surface area contributed by atoms with Gasteiger partial charge in [-0.3, -0.25) is 0 Å². The van der Waals surface area contributed by atoms with Crippen molar-refractivity contribution in [2.45, 2.75) is 95.5 Å². The van der Waals surface area contributed by atoms with E-state index in [-0.39, 0.29) is 13.2 Å². The van der Waals surface area contributed by atoms with Crippen molar-refractivity contribution in [1.29, 1.82) is 0 Å². The molecule has 0 aliphatic carbocycles. The van der Waals surface area contributed by atoms with Crippen LogP contribution < -0.4 is 0 Å². The van der Waals surface area contributed by atoms with Crippen LogP contribution in [0.3, 0.4) is 0 Å². The highest BCUT2D eigenvalue weighted by Crippen LogP contribution is 2.18. The first-order valence-corrected chi connectivity index (χ1v) is 10.1. The molecule has 0 aromatic rings. The molecule has 1 aliphatic rings. The van der Waals surface area contributed by atoms with Crippen LogP contribution in [0, 0.1) is 0 Å². The van der Waals surface area contributed by atoms with Crippen LogP contribution in [0.2, 0.25) is 0 Å². The Morgan fingerprint density at radius 2 is 1.56 bits per heavy atom. The summed E-state index contributed by atoms with van der Waals surface area (Å²) in [4.78, 5) is 0. The first-order chi connectivity index (χ1) is 12.2. The summed E-state index contributed by atoms with van der Waals surface area (Å²) in [6, 6.07) is 0. The van der Waals surface area contributed by atoms with Crippen LogP contribution in [0.5, 0.6) is 0 Å². The number of ether oxygens (including phenoxy) is 2. The summed E-state index contributed by atoms with van der Waals surface area (Å²) in [5, 5.41) is 28.8. The van der Waals surface area contributed by atoms with E-state index in [0.29, 0.717) is 6.61 Å². The third-order valence-electron chi connectivity index (χ3n) is 4.75. The van der Waals surface area contributed by atoms with Crippen molar-refractivity contribution in [3.05, 3.63) is 12.2 Å². The minimum Gasteiger partial charge on any atom is -0.394 e. The van der Waals surface area contributed by atoms with Crippen LogP contribution in [0.25, 0.3) is 0 Å². The highest BCUT2D eigenvalue weighted by atomic mass is 16.6. The van der Waals surface area contributed by atoms with Crippen molar-refractivity contribution < 1.29 is 24.8 Å². The molecule has 0 amide bonds. The van der Waals surface area contributed by atoms with Crippen LogP contribution in [-0.4, -0.2) is 59.6 Å². The highest BCUT2D eigenvalue weighted by Gasteiger charge is 2.38. The third kappa shape index (κ3) is 9.71. The van der Waals surface area contributed by atoms with Crippen LogP contribution in [-0.2, 0) is 9.47 Å². The van der Waals surface area contributed by atoms with Gasteiger partial charge in [-0.05, 0) is 25.7 Å². The molecule has 0 saturated carbocycles. The average Bonchev–Trinajstić information content (AvgIpc) is 2.62. The quantitative estimate of drug-likeness (QED) is 0.329. The lowest BCUT2D eigenvalue weighted by atomic mass is 10.0. The smallest absolute Gasteiger partial charge is 0.111 e. The van der Waals surface area contributed by atoms with Gasteiger partial charge in [0.25, 0.3) is 0 Å². The zero-order valence-electron chi connectivity index (χ0n) is 15.8. The molecular weight excluding hydrogens is 320 g/mol. The Balaban J connectivity index is 1.91. The number of unbranched alkanes of at least 4 members (excludes halogenated alkanes) is 8. The molecule has 1 rings (SSSR count). The van der Waals surface area contributed by atoms with Crippen molar-refractivity contribution >= 4 is 0 Å². The van der Waals surface area contributed by atoms with E-state index < -0.39 is 24.4 Å². The lowest BCUT2D eigenvalue weighted by Crippen LogP contribution is -2.55. The molecule has 0 radical (unpaired) electrons. The Labute approximate surface area is 153 Å². The molecule has 1 heterocycles. The first kappa shape index (κ1) is 22.6. The minimum absolute atomic E-state index is 0.217. The molecule has 1 aliphatic heterocycles. The number of hydrogen-bond donors (Lipinski definition) is 3. The molecule has 0 aromatic carbocycles. The monoisotopic (exact) mass is 358 g/mol. The predicted octanol–water partition coefficient (Wildman–Crippen LogP) is 2.96. The summed E-state index contributed by atoms with van der Waals surface area (Å²) in [6.45, 7) is 2.72. The molecule has 1 saturated heterocycles. The van der Waals surface area contributed by atoms with Crippen LogP contribution in [0.4, 0.5) is 0 Å². The fourth-order valence-corrected chi connectivity index (χ4v) is 3.03. The van der Waals surface area contributed by atoms with E-state index in [1.54, 1.807) is 0 Å². The van der Waals surface area contributed by atoms with E-state index in [1.807, 2.05) is 0 Å². The second kappa shape index (κ2) is 14.7. The largest absolute Gasteiger partial charge is 0.394 e. The van der Waals surface area contributed by atoms with Gasteiger partial charge in [-0.1, -0.05) is 57.6 Å². The Hall–Kier alpha value is -0.460. The molecule has 5 nitrogen and oxygen atoms in total. The normalized spacial score (nSPS) is 27.2. The molecule has 1 fully saturated rings. The zero-order chi connectivity index (χ0) is 18.3. The molecule has 0 aromatic heterocycles. The van der Waals surface area contributed by atoms with Gasteiger partial charge in [-0.2, -0.15) is 0 Å². The Morgan fingerprint density at radius 3 is 2.24 bits per heavy atom. The molecule has 148 valence electrons. The molecule has 0 unspecified atom stereocenters. The molecular formula is C20H38O5. The van der Waals surface area contributed by atoms with Crippen molar-refractivity contribution in [3.63, 3.8) is 0 Å². The van der Waals surface area contributed by atoms with Gasteiger partial charge in [0.2, 0.25) is 0 Å². The number of aliphatic hydroxyl groups is 3. The molecule has 4 atom stereocenters. The second-order valence-corrected chi connectivity index (χ2v) is 6.97. The number of rotatable bonds is 14. The van der Waals surface area contributed by atoms with Gasteiger partial charge in [-0.15, -0.1) is 0 Å². The average molecular weight is 359 g/mol. The highest BCUT2D eigenvalue weighted by molar-refractivity contribution is 4.87. The number of aliphatic hydroxyl groups excluding tert-OH is 3. The van der Waals surface area contributed by atoms with Gasteiger partial charge >= 0.3 is 0 Å². The Morgan fingerprint density at radius 1 is 0.920 bits per heavy atom. The molecule has 3 N–H and O–H groups in total. The third-order valence-corrected chi connectivity index (χ3v) is 4.75. The summed E-state index contributed by atoms with van der Waals surface area (Å²) in [5.74, 6) is 0. The van der Waals surface area contributed by atoms with Gasteiger partial charge in [0.15, 0.2) is 0 Å². The standard InChI is InChI=1S/C20H38O5/c1-2-3-4-5-6-7-8-9-10-11-12-13-14-24-18-16-25-17(15-21)19(22)20(18)23/h5-6,17-23H,2-4,7-16H2,1H3/b6-5+/t17-,18+,19-,20-/m1/s1. The maximum Gasteiger partial charge on any atom is 0.111 e. The van der Waals surface area contributed by atoms with Crippen LogP contribution in [0.15, 0.2) is 12.2 Å². The van der Waals surface area contributed by atoms with E-state index in [9.17, 15) is 10.2 Å². The fourth-order valence-electron chi connectivity index (χ4n) is 3.03. The molecule has 0 bridgehead atoms. The first-order valence-electron chi connectivity index (χ1n) is 10.1. The lowest BCUT2D eigenvalue weighted by molar-refractivity contribution is -0.208. The predicted molar refractivity (Wildman–Crippen MR) is 99.6 cm³/mol. The number of hydrogen-bond acceptors (Lipinski definition) is 5. The molecule has 5 heteroatoms. The minimum atomic E-state index is -1.08. The van der Waals surface area contributed by atoms with Crippen molar-refractivity contribution in [2.75, 3.05) is 19.8 Å². The van der Waals surface area contributed by atoms with Crippen molar-refractivity contribution in [3.8, 4) is 0 Å². The topological polar surface area (TPSA) is 79.2 Å². The Bertz CT molecular complexity index is 334. The SMILES string of the molecule is CCCC/C=C/CCCCCCCCO[C@H]1CO[C@H](CO)[C@@H](O)[C@@H]1O. The van der Waals surface area contributed by atoms with Crippen LogP contribution >= 0.6 is 0 Å². The van der Waals surface area contributed by atoms with E-state index in [0.717, 1.165) is 12.8 Å². The summed E-state index contributed by atoms with van der Waals surface area (Å²) < 4.78 is 10.9. The van der Waals surface area contributed by atoms with E-state index >= 15 is 0 Å². The maximum atomic E-state index is 9.96. The lowest BCUT2D eigenvalue weighted by Gasteiger charge is -2.36. The van der Waals surface area contributed by atoms with Gasteiger partial charge in [0.05, 0.1) is 13.2 Å². The van der Waals surface area contributed by atoms with Gasteiger partial charge in [0, 0.05) is 6.61 Å². The summed E-state index contributed by atoms with van der Waals surface area (Å²) in [6.07, 6.45) is 13.4. The van der Waals surface area contributed by atoms with Crippen molar-refractivity contribution in [2.24, 2.45) is 0 Å². The van der Waals surface area contributed by atoms with Crippen molar-refractivity contribution in [1.82, 2.24) is 0 Å². The van der Waals surface area contributed by atoms with Gasteiger partial charge in [0.1, 0.15) is 24.4 Å². The van der Waals surface area contributed by atoms with Gasteiger partial charge < -0.3 is 24.8 Å². The van der Waals surface area contributed by atoms with Crippen LogP contribution in [0.1, 0.15) is 71.1 Å². The second-order valence-electron chi connectivity index (χ2n) is 6.97. The zero-order valence-corrected chi connectivity index (χ0v) is 15.8. The van der Waals surface area contributed by atoms with E-state index in [2.05, 4.69) is 19.1 Å². The molecule has 0 spiro atoms. The maximum absolute atomic E-state index is 9.96. The van der Waals surface area contributed by atoms with Gasteiger partial charge in [-0.25, -0.2) is 0 Å².